The fraction of sp³-hybridized carbons (Fsp3) is 0.440. The van der Waals surface area contributed by atoms with Crippen LogP contribution in [0.3, 0.4) is 0 Å². The number of esters is 1. The van der Waals surface area contributed by atoms with Crippen LogP contribution >= 0.6 is 11.6 Å². The summed E-state index contributed by atoms with van der Waals surface area (Å²) in [4.78, 5) is 23.6. The average molecular weight is 477 g/mol. The molecule has 0 saturated carbocycles. The summed E-state index contributed by atoms with van der Waals surface area (Å²) in [7, 11) is 0. The van der Waals surface area contributed by atoms with E-state index in [1.807, 2.05) is 58.0 Å². The number of hydrogen-bond donors (Lipinski definition) is 2. The van der Waals surface area contributed by atoms with Gasteiger partial charge >= 0.3 is 12.1 Å². The minimum absolute atomic E-state index is 0.210. The number of hydrogen-bond acceptors (Lipinski definition) is 6. The van der Waals surface area contributed by atoms with Gasteiger partial charge in [0.25, 0.3) is 0 Å². The summed E-state index contributed by atoms with van der Waals surface area (Å²) in [6.45, 7) is 10.1. The predicted octanol–water partition coefficient (Wildman–Crippen LogP) is 6.47. The minimum atomic E-state index is -0.568. The first-order chi connectivity index (χ1) is 15.6. The molecule has 0 spiro atoms. The van der Waals surface area contributed by atoms with Gasteiger partial charge in [0.2, 0.25) is 0 Å². The van der Waals surface area contributed by atoms with Gasteiger partial charge in [-0.3, -0.25) is 4.79 Å². The summed E-state index contributed by atoms with van der Waals surface area (Å²) in [5.74, 6) is 0.948. The first-order valence-electron chi connectivity index (χ1n) is 11.0. The molecule has 180 valence electrons. The van der Waals surface area contributed by atoms with Crippen LogP contribution in [0.4, 0.5) is 10.5 Å². The van der Waals surface area contributed by atoms with Crippen molar-refractivity contribution in [1.82, 2.24) is 5.32 Å². The van der Waals surface area contributed by atoms with Crippen molar-refractivity contribution in [2.45, 2.75) is 59.1 Å². The lowest BCUT2D eigenvalue weighted by Crippen LogP contribution is -2.34. The van der Waals surface area contributed by atoms with Gasteiger partial charge in [0.1, 0.15) is 11.4 Å². The SMILES string of the molecule is CCOC(=O)CCCNc1ccc(Cl)cc1Oc1cccc(C(C)NC(=O)OC(C)(C)C)c1. The van der Waals surface area contributed by atoms with Gasteiger partial charge < -0.3 is 24.8 Å². The van der Waals surface area contributed by atoms with Gasteiger partial charge in [0, 0.05) is 24.1 Å². The second-order valence-electron chi connectivity index (χ2n) is 8.52. The molecule has 0 aliphatic carbocycles. The summed E-state index contributed by atoms with van der Waals surface area (Å²) < 4.78 is 16.4. The number of benzene rings is 2. The number of alkyl carbamates (subject to hydrolysis) is 1. The molecule has 1 unspecified atom stereocenters. The Kier molecular flexibility index (Phi) is 9.85. The molecule has 7 nitrogen and oxygen atoms in total. The van der Waals surface area contributed by atoms with Crippen LogP contribution in [0.5, 0.6) is 11.5 Å². The maximum atomic E-state index is 12.1. The normalized spacial score (nSPS) is 11.9. The molecule has 33 heavy (non-hydrogen) atoms. The van der Waals surface area contributed by atoms with Crippen LogP contribution in [-0.2, 0) is 14.3 Å². The van der Waals surface area contributed by atoms with Crippen LogP contribution in [0.25, 0.3) is 0 Å². The molecule has 0 aromatic heterocycles. The molecule has 0 aliphatic rings. The van der Waals surface area contributed by atoms with E-state index >= 15 is 0 Å². The highest BCUT2D eigenvalue weighted by Gasteiger charge is 2.18. The fourth-order valence-corrected chi connectivity index (χ4v) is 3.12. The van der Waals surface area contributed by atoms with Crippen molar-refractivity contribution < 1.29 is 23.8 Å². The van der Waals surface area contributed by atoms with Gasteiger partial charge in [-0.15, -0.1) is 0 Å². The van der Waals surface area contributed by atoms with E-state index in [0.717, 1.165) is 11.3 Å². The number of carbonyl (C=O) groups is 2. The van der Waals surface area contributed by atoms with Crippen LogP contribution in [0, 0.1) is 0 Å². The van der Waals surface area contributed by atoms with E-state index in [4.69, 9.17) is 25.8 Å². The zero-order valence-electron chi connectivity index (χ0n) is 19.9. The molecule has 0 heterocycles. The van der Waals surface area contributed by atoms with E-state index in [2.05, 4.69) is 10.6 Å². The predicted molar refractivity (Wildman–Crippen MR) is 130 cm³/mol. The van der Waals surface area contributed by atoms with Crippen LogP contribution in [-0.4, -0.2) is 30.8 Å². The van der Waals surface area contributed by atoms with Gasteiger partial charge in [-0.05, 0) is 70.9 Å². The number of carbonyl (C=O) groups excluding carboxylic acids is 2. The molecule has 2 rings (SSSR count). The van der Waals surface area contributed by atoms with E-state index in [9.17, 15) is 9.59 Å². The molecule has 1 atom stereocenters. The quantitative estimate of drug-likeness (QED) is 0.302. The Bertz CT molecular complexity index is 943. The lowest BCUT2D eigenvalue weighted by atomic mass is 10.1. The lowest BCUT2D eigenvalue weighted by Gasteiger charge is -2.22. The highest BCUT2D eigenvalue weighted by Crippen LogP contribution is 2.33. The van der Waals surface area contributed by atoms with Crippen LogP contribution in [0.15, 0.2) is 42.5 Å². The Morgan fingerprint density at radius 1 is 1.12 bits per heavy atom. The highest BCUT2D eigenvalue weighted by molar-refractivity contribution is 6.30. The Balaban J connectivity index is 2.04. The van der Waals surface area contributed by atoms with Crippen molar-refractivity contribution in [3.8, 4) is 11.5 Å². The Hall–Kier alpha value is -2.93. The molecule has 2 aromatic rings. The third-order valence-corrected chi connectivity index (χ3v) is 4.68. The molecule has 0 fully saturated rings. The zero-order chi connectivity index (χ0) is 24.4. The minimum Gasteiger partial charge on any atom is -0.466 e. The molecule has 0 saturated heterocycles. The second kappa shape index (κ2) is 12.3. The van der Waals surface area contributed by atoms with Crippen LogP contribution in [0.1, 0.15) is 59.1 Å². The molecule has 1 amide bonds. The molecule has 2 N–H and O–H groups in total. The van der Waals surface area contributed by atoms with Gasteiger partial charge in [-0.2, -0.15) is 0 Å². The summed E-state index contributed by atoms with van der Waals surface area (Å²) in [6.07, 6.45) is 0.491. The van der Waals surface area contributed by atoms with Crippen molar-refractivity contribution in [1.29, 1.82) is 0 Å². The Morgan fingerprint density at radius 2 is 1.88 bits per heavy atom. The van der Waals surface area contributed by atoms with Crippen molar-refractivity contribution >= 4 is 29.4 Å². The molecule has 0 bridgehead atoms. The second-order valence-corrected chi connectivity index (χ2v) is 8.95. The molecular formula is C25H33ClN2O5. The number of rotatable bonds is 10. The van der Waals surface area contributed by atoms with E-state index in [0.29, 0.717) is 42.5 Å². The number of nitrogens with one attached hydrogen (secondary N) is 2. The van der Waals surface area contributed by atoms with E-state index < -0.39 is 11.7 Å². The van der Waals surface area contributed by atoms with Crippen molar-refractivity contribution in [3.63, 3.8) is 0 Å². The van der Waals surface area contributed by atoms with E-state index in [1.54, 1.807) is 19.1 Å². The van der Waals surface area contributed by atoms with Crippen molar-refractivity contribution in [3.05, 3.63) is 53.1 Å². The lowest BCUT2D eigenvalue weighted by molar-refractivity contribution is -0.143. The number of halogens is 1. The monoisotopic (exact) mass is 476 g/mol. The third-order valence-electron chi connectivity index (χ3n) is 4.44. The topological polar surface area (TPSA) is 85.9 Å². The average Bonchev–Trinajstić information content (AvgIpc) is 2.71. The summed E-state index contributed by atoms with van der Waals surface area (Å²) >= 11 is 6.18. The first-order valence-corrected chi connectivity index (χ1v) is 11.4. The van der Waals surface area contributed by atoms with Crippen molar-refractivity contribution in [2.24, 2.45) is 0 Å². The fourth-order valence-electron chi connectivity index (χ4n) is 2.96. The van der Waals surface area contributed by atoms with Crippen LogP contribution in [0.2, 0.25) is 5.02 Å². The highest BCUT2D eigenvalue weighted by atomic mass is 35.5. The van der Waals surface area contributed by atoms with E-state index in [1.165, 1.54) is 0 Å². The number of ether oxygens (including phenoxy) is 3. The smallest absolute Gasteiger partial charge is 0.408 e. The van der Waals surface area contributed by atoms with Crippen molar-refractivity contribution in [2.75, 3.05) is 18.5 Å². The van der Waals surface area contributed by atoms with Gasteiger partial charge in [-0.25, -0.2) is 4.79 Å². The van der Waals surface area contributed by atoms with Gasteiger partial charge in [0.15, 0.2) is 5.75 Å². The molecule has 2 aromatic carbocycles. The summed E-state index contributed by atoms with van der Waals surface area (Å²) in [6, 6.07) is 12.5. The molecule has 0 radical (unpaired) electrons. The number of anilines is 1. The Morgan fingerprint density at radius 3 is 2.58 bits per heavy atom. The summed E-state index contributed by atoms with van der Waals surface area (Å²) in [5, 5.41) is 6.65. The zero-order valence-corrected chi connectivity index (χ0v) is 20.6. The molecule has 0 aliphatic heterocycles. The van der Waals surface area contributed by atoms with E-state index in [-0.39, 0.29) is 12.0 Å². The van der Waals surface area contributed by atoms with Crippen LogP contribution < -0.4 is 15.4 Å². The third kappa shape index (κ3) is 9.61. The molecule has 8 heteroatoms. The largest absolute Gasteiger partial charge is 0.466 e. The summed E-state index contributed by atoms with van der Waals surface area (Å²) in [5.41, 5.74) is 1.05. The standard InChI is InChI=1S/C25H33ClN2O5/c1-6-31-23(29)11-8-14-27-21-13-12-19(26)16-22(21)32-20-10-7-9-18(15-20)17(2)28-24(30)33-25(3,4)5/h7,9-10,12-13,15-17,27H,6,8,11,14H2,1-5H3,(H,28,30). The maximum absolute atomic E-state index is 12.1. The van der Waals surface area contributed by atoms with Gasteiger partial charge in [-0.1, -0.05) is 23.7 Å². The number of amides is 1. The maximum Gasteiger partial charge on any atom is 0.408 e. The van der Waals surface area contributed by atoms with Gasteiger partial charge in [0.05, 0.1) is 18.3 Å². The Labute approximate surface area is 200 Å². The molecular weight excluding hydrogens is 444 g/mol. The first kappa shape index (κ1) is 26.3.